The number of methoxy groups -OCH3 is 2. The summed E-state index contributed by atoms with van der Waals surface area (Å²) in [6.45, 7) is 2.84. The van der Waals surface area contributed by atoms with E-state index in [9.17, 15) is 0 Å². The highest BCUT2D eigenvalue weighted by molar-refractivity contribution is 7.18. The Morgan fingerprint density at radius 3 is 2.72 bits per heavy atom. The summed E-state index contributed by atoms with van der Waals surface area (Å²) >= 11 is 1.49. The SMILES string of the molecule is CCNc1nnc(-c2cccc(OC)c2OC)s1. The second-order valence-electron chi connectivity index (χ2n) is 3.48. The summed E-state index contributed by atoms with van der Waals surface area (Å²) in [5.74, 6) is 1.37. The normalized spacial score (nSPS) is 10.2. The highest BCUT2D eigenvalue weighted by atomic mass is 32.1. The summed E-state index contributed by atoms with van der Waals surface area (Å²) < 4.78 is 10.7. The van der Waals surface area contributed by atoms with Crippen molar-refractivity contribution in [1.29, 1.82) is 0 Å². The highest BCUT2D eigenvalue weighted by Crippen LogP contribution is 2.39. The smallest absolute Gasteiger partial charge is 0.205 e. The van der Waals surface area contributed by atoms with Gasteiger partial charge in [0.1, 0.15) is 0 Å². The Kier molecular flexibility index (Phi) is 3.99. The van der Waals surface area contributed by atoms with E-state index in [0.29, 0.717) is 11.5 Å². The average molecular weight is 265 g/mol. The molecule has 1 aromatic heterocycles. The molecule has 0 saturated heterocycles. The molecule has 0 radical (unpaired) electrons. The molecule has 96 valence electrons. The quantitative estimate of drug-likeness (QED) is 0.900. The van der Waals surface area contributed by atoms with E-state index < -0.39 is 0 Å². The van der Waals surface area contributed by atoms with Crippen LogP contribution in [0, 0.1) is 0 Å². The molecular formula is C12H15N3O2S. The number of hydrogen-bond acceptors (Lipinski definition) is 6. The van der Waals surface area contributed by atoms with Crippen LogP contribution in [0.4, 0.5) is 5.13 Å². The van der Waals surface area contributed by atoms with Gasteiger partial charge in [0.25, 0.3) is 0 Å². The predicted octanol–water partition coefficient (Wildman–Crippen LogP) is 2.65. The van der Waals surface area contributed by atoms with Crippen molar-refractivity contribution >= 4 is 16.5 Å². The third-order valence-corrected chi connectivity index (χ3v) is 3.30. The van der Waals surface area contributed by atoms with Gasteiger partial charge in [0.05, 0.1) is 19.8 Å². The van der Waals surface area contributed by atoms with Crippen LogP contribution in [0.15, 0.2) is 18.2 Å². The number of ether oxygens (including phenoxy) is 2. The van der Waals surface area contributed by atoms with E-state index in [-0.39, 0.29) is 0 Å². The van der Waals surface area contributed by atoms with Crippen LogP contribution >= 0.6 is 11.3 Å². The molecule has 1 heterocycles. The van der Waals surface area contributed by atoms with Crippen molar-refractivity contribution in [2.24, 2.45) is 0 Å². The van der Waals surface area contributed by atoms with E-state index in [2.05, 4.69) is 15.5 Å². The first-order valence-corrected chi connectivity index (χ1v) is 6.40. The van der Waals surface area contributed by atoms with Gasteiger partial charge in [0, 0.05) is 6.54 Å². The lowest BCUT2D eigenvalue weighted by Crippen LogP contribution is -1.94. The maximum absolute atomic E-state index is 5.38. The standard InChI is InChI=1S/C12H15N3O2S/c1-4-13-12-15-14-11(18-12)8-6-5-7-9(16-2)10(8)17-3/h5-7H,4H2,1-3H3,(H,13,15). The zero-order valence-electron chi connectivity index (χ0n) is 10.6. The molecule has 2 rings (SSSR count). The van der Waals surface area contributed by atoms with E-state index in [4.69, 9.17) is 9.47 Å². The third kappa shape index (κ3) is 2.38. The maximum atomic E-state index is 5.38. The van der Waals surface area contributed by atoms with Crippen molar-refractivity contribution in [1.82, 2.24) is 10.2 Å². The molecule has 2 aromatic rings. The second kappa shape index (κ2) is 5.68. The van der Waals surface area contributed by atoms with Gasteiger partial charge in [-0.25, -0.2) is 0 Å². The third-order valence-electron chi connectivity index (χ3n) is 2.39. The molecule has 0 amide bonds. The number of nitrogens with zero attached hydrogens (tertiary/aromatic N) is 2. The summed E-state index contributed by atoms with van der Waals surface area (Å²) in [5.41, 5.74) is 0.888. The van der Waals surface area contributed by atoms with E-state index in [1.165, 1.54) is 11.3 Å². The molecule has 0 atom stereocenters. The lowest BCUT2D eigenvalue weighted by Gasteiger charge is -2.10. The van der Waals surface area contributed by atoms with E-state index in [1.807, 2.05) is 25.1 Å². The minimum Gasteiger partial charge on any atom is -0.493 e. The van der Waals surface area contributed by atoms with Crippen LogP contribution in [-0.4, -0.2) is 31.0 Å². The molecule has 0 saturated carbocycles. The Morgan fingerprint density at radius 2 is 2.06 bits per heavy atom. The monoisotopic (exact) mass is 265 g/mol. The van der Waals surface area contributed by atoms with Crippen LogP contribution in [0.1, 0.15) is 6.92 Å². The minimum atomic E-state index is 0.680. The van der Waals surface area contributed by atoms with Crippen LogP contribution in [-0.2, 0) is 0 Å². The van der Waals surface area contributed by atoms with Gasteiger partial charge in [-0.3, -0.25) is 0 Å². The Labute approximate surface area is 110 Å². The predicted molar refractivity (Wildman–Crippen MR) is 72.6 cm³/mol. The number of anilines is 1. The topological polar surface area (TPSA) is 56.3 Å². The first-order valence-electron chi connectivity index (χ1n) is 5.58. The molecule has 0 aliphatic rings. The molecule has 5 nitrogen and oxygen atoms in total. The van der Waals surface area contributed by atoms with Gasteiger partial charge in [-0.15, -0.1) is 10.2 Å². The summed E-state index contributed by atoms with van der Waals surface area (Å²) in [6, 6.07) is 5.71. The van der Waals surface area contributed by atoms with Crippen LogP contribution < -0.4 is 14.8 Å². The lowest BCUT2D eigenvalue weighted by atomic mass is 10.2. The largest absolute Gasteiger partial charge is 0.493 e. The van der Waals surface area contributed by atoms with Crippen molar-refractivity contribution in [2.75, 3.05) is 26.1 Å². The summed E-state index contributed by atoms with van der Waals surface area (Å²) in [4.78, 5) is 0. The van der Waals surface area contributed by atoms with Crippen molar-refractivity contribution in [2.45, 2.75) is 6.92 Å². The van der Waals surface area contributed by atoms with Gasteiger partial charge in [-0.1, -0.05) is 17.4 Å². The van der Waals surface area contributed by atoms with Crippen LogP contribution in [0.5, 0.6) is 11.5 Å². The minimum absolute atomic E-state index is 0.680. The lowest BCUT2D eigenvalue weighted by molar-refractivity contribution is 0.356. The molecule has 0 unspecified atom stereocenters. The Morgan fingerprint density at radius 1 is 1.22 bits per heavy atom. The Bertz CT molecular complexity index is 528. The van der Waals surface area contributed by atoms with Gasteiger partial charge in [0.2, 0.25) is 5.13 Å². The van der Waals surface area contributed by atoms with E-state index in [0.717, 1.165) is 22.2 Å². The molecular weight excluding hydrogens is 250 g/mol. The van der Waals surface area contributed by atoms with E-state index in [1.54, 1.807) is 14.2 Å². The number of hydrogen-bond donors (Lipinski definition) is 1. The van der Waals surface area contributed by atoms with Gasteiger partial charge < -0.3 is 14.8 Å². The number of nitrogens with one attached hydrogen (secondary N) is 1. The Balaban J connectivity index is 2.42. The van der Waals surface area contributed by atoms with Gasteiger partial charge in [0.15, 0.2) is 16.5 Å². The fraction of sp³-hybridized carbons (Fsp3) is 0.333. The van der Waals surface area contributed by atoms with Gasteiger partial charge in [-0.05, 0) is 19.1 Å². The first kappa shape index (κ1) is 12.6. The number of benzene rings is 1. The van der Waals surface area contributed by atoms with Gasteiger partial charge in [-0.2, -0.15) is 0 Å². The number of para-hydroxylation sites is 1. The Hall–Kier alpha value is -1.82. The zero-order chi connectivity index (χ0) is 13.0. The molecule has 0 spiro atoms. The summed E-state index contributed by atoms with van der Waals surface area (Å²) in [5, 5.41) is 13.0. The second-order valence-corrected chi connectivity index (χ2v) is 4.46. The van der Waals surface area contributed by atoms with Crippen molar-refractivity contribution in [3.8, 4) is 22.1 Å². The van der Waals surface area contributed by atoms with Crippen molar-refractivity contribution < 1.29 is 9.47 Å². The molecule has 1 N–H and O–H groups in total. The zero-order valence-corrected chi connectivity index (χ0v) is 11.4. The molecule has 0 bridgehead atoms. The van der Waals surface area contributed by atoms with Crippen molar-refractivity contribution in [3.63, 3.8) is 0 Å². The molecule has 0 fully saturated rings. The highest BCUT2D eigenvalue weighted by Gasteiger charge is 2.15. The fourth-order valence-electron chi connectivity index (χ4n) is 1.61. The molecule has 6 heteroatoms. The number of rotatable bonds is 5. The molecule has 0 aliphatic heterocycles. The van der Waals surface area contributed by atoms with E-state index >= 15 is 0 Å². The van der Waals surface area contributed by atoms with Crippen LogP contribution in [0.2, 0.25) is 0 Å². The van der Waals surface area contributed by atoms with Crippen LogP contribution in [0.3, 0.4) is 0 Å². The summed E-state index contributed by atoms with van der Waals surface area (Å²) in [7, 11) is 3.24. The average Bonchev–Trinajstić information content (AvgIpc) is 2.86. The maximum Gasteiger partial charge on any atom is 0.205 e. The molecule has 18 heavy (non-hydrogen) atoms. The van der Waals surface area contributed by atoms with Crippen LogP contribution in [0.25, 0.3) is 10.6 Å². The summed E-state index contributed by atoms with van der Waals surface area (Å²) in [6.07, 6.45) is 0. The fourth-order valence-corrected chi connectivity index (χ4v) is 2.44. The number of aromatic nitrogens is 2. The molecule has 0 aliphatic carbocycles. The first-order chi connectivity index (χ1) is 8.80. The molecule has 1 aromatic carbocycles. The van der Waals surface area contributed by atoms with Gasteiger partial charge >= 0.3 is 0 Å². The van der Waals surface area contributed by atoms with Crippen molar-refractivity contribution in [3.05, 3.63) is 18.2 Å².